The van der Waals surface area contributed by atoms with E-state index >= 15 is 0 Å². The van der Waals surface area contributed by atoms with Crippen LogP contribution < -0.4 is 4.74 Å². The van der Waals surface area contributed by atoms with E-state index < -0.39 is 28.0 Å². The van der Waals surface area contributed by atoms with Crippen molar-refractivity contribution < 1.29 is 30.5 Å². The summed E-state index contributed by atoms with van der Waals surface area (Å²) < 4.78 is 76.0. The summed E-state index contributed by atoms with van der Waals surface area (Å²) in [7, 11) is -3.81. The smallest absolute Gasteiger partial charge is 0.421 e. The monoisotopic (exact) mass is 548 g/mol. The van der Waals surface area contributed by atoms with Crippen LogP contribution in [0, 0.1) is 12.8 Å². The first kappa shape index (κ1) is 26.0. The maximum Gasteiger partial charge on any atom is 0.421 e. The van der Waals surface area contributed by atoms with Crippen LogP contribution in [0.15, 0.2) is 51.8 Å². The van der Waals surface area contributed by atoms with Gasteiger partial charge in [0.2, 0.25) is 0 Å². The van der Waals surface area contributed by atoms with Gasteiger partial charge < -0.3 is 4.74 Å². The third-order valence-corrected chi connectivity index (χ3v) is 8.02. The lowest BCUT2D eigenvalue weighted by Gasteiger charge is -2.30. The average molecular weight is 549 g/mol. The molecule has 0 spiro atoms. The summed E-state index contributed by atoms with van der Waals surface area (Å²) in [6, 6.07) is 10.8. The summed E-state index contributed by atoms with van der Waals surface area (Å²) >= 11 is 2.98. The first-order valence-electron chi connectivity index (χ1n) is 11.0. The van der Waals surface area contributed by atoms with Crippen molar-refractivity contribution >= 4 is 26.0 Å². The summed E-state index contributed by atoms with van der Waals surface area (Å²) in [5, 5.41) is 0. The zero-order valence-corrected chi connectivity index (χ0v) is 21.0. The van der Waals surface area contributed by atoms with E-state index in [1.807, 2.05) is 6.92 Å². The fourth-order valence-electron chi connectivity index (χ4n) is 4.09. The molecule has 2 aromatic rings. The first-order valence-corrected chi connectivity index (χ1v) is 13.2. The van der Waals surface area contributed by atoms with Gasteiger partial charge >= 0.3 is 6.18 Å². The van der Waals surface area contributed by atoms with Crippen molar-refractivity contribution in [2.24, 2.45) is 5.92 Å². The third-order valence-electron chi connectivity index (χ3n) is 5.93. The predicted octanol–water partition coefficient (Wildman–Crippen LogP) is 7.29. The fourth-order valence-corrected chi connectivity index (χ4v) is 5.77. The van der Waals surface area contributed by atoms with E-state index in [9.17, 15) is 21.6 Å². The Kier molecular flexibility index (Phi) is 8.50. The average Bonchev–Trinajstić information content (AvgIpc) is 2.72. The Morgan fingerprint density at radius 3 is 2.30 bits per heavy atom. The molecule has 0 bridgehead atoms. The third kappa shape index (κ3) is 7.20. The molecule has 2 aromatic carbocycles. The van der Waals surface area contributed by atoms with Gasteiger partial charge in [-0.3, -0.25) is 4.18 Å². The molecule has 0 aliphatic heterocycles. The molecule has 1 aliphatic carbocycles. The van der Waals surface area contributed by atoms with Crippen LogP contribution in [0.3, 0.4) is 0 Å². The summed E-state index contributed by atoms with van der Waals surface area (Å²) in [5.74, 6) is 0.214. The van der Waals surface area contributed by atoms with Crippen LogP contribution in [0.25, 0.3) is 0 Å². The van der Waals surface area contributed by atoms with Crippen LogP contribution in [-0.4, -0.2) is 20.6 Å². The van der Waals surface area contributed by atoms with Gasteiger partial charge in [0.05, 0.1) is 17.1 Å². The SMILES string of the molecule is Cc1ccc(S(=O)(=O)O[C@H](C)CCC2CCC(Oc3cccc(Br)c3C(F)(F)F)CC2)cc1. The molecule has 0 unspecified atom stereocenters. The van der Waals surface area contributed by atoms with Crippen LogP contribution >= 0.6 is 15.9 Å². The quantitative estimate of drug-likeness (QED) is 0.325. The Labute approximate surface area is 201 Å². The highest BCUT2D eigenvalue weighted by atomic mass is 79.9. The van der Waals surface area contributed by atoms with Gasteiger partial charge in [-0.2, -0.15) is 21.6 Å². The molecule has 1 atom stereocenters. The van der Waals surface area contributed by atoms with Crippen LogP contribution in [0.5, 0.6) is 5.75 Å². The van der Waals surface area contributed by atoms with Gasteiger partial charge in [-0.05, 0) is 82.6 Å². The van der Waals surface area contributed by atoms with Crippen molar-refractivity contribution in [1.29, 1.82) is 0 Å². The van der Waals surface area contributed by atoms with E-state index in [0.717, 1.165) is 24.8 Å². The van der Waals surface area contributed by atoms with Gasteiger partial charge in [-0.15, -0.1) is 0 Å². The first-order chi connectivity index (χ1) is 15.5. The molecular formula is C24H28BrF3O4S. The summed E-state index contributed by atoms with van der Waals surface area (Å²) in [4.78, 5) is 0.142. The predicted molar refractivity (Wildman–Crippen MR) is 124 cm³/mol. The molecule has 0 amide bonds. The van der Waals surface area contributed by atoms with Crippen molar-refractivity contribution in [3.05, 3.63) is 58.1 Å². The maximum atomic E-state index is 13.4. The number of aryl methyl sites for hydroxylation is 1. The number of ether oxygens (including phenoxy) is 1. The molecule has 33 heavy (non-hydrogen) atoms. The van der Waals surface area contributed by atoms with Crippen LogP contribution in [0.1, 0.15) is 56.6 Å². The Morgan fingerprint density at radius 2 is 1.70 bits per heavy atom. The molecule has 1 fully saturated rings. The standard InChI is InChI=1S/C24H28BrF3O4S/c1-16-6-14-20(15-7-16)33(29,30)32-17(2)8-9-18-10-12-19(13-11-18)31-22-5-3-4-21(25)23(22)24(26,27)28/h3-7,14-15,17-19H,8-13H2,1-2H3/t17-,18?,19?/m1/s1. The van der Waals surface area contributed by atoms with Crippen LogP contribution in [0.2, 0.25) is 0 Å². The number of halogens is 4. The minimum absolute atomic E-state index is 0.0317. The lowest BCUT2D eigenvalue weighted by molar-refractivity contribution is -0.140. The van der Waals surface area contributed by atoms with E-state index in [2.05, 4.69) is 15.9 Å². The van der Waals surface area contributed by atoms with Crippen molar-refractivity contribution in [2.75, 3.05) is 0 Å². The zero-order chi connectivity index (χ0) is 24.2. The molecule has 1 aliphatic rings. The molecule has 1 saturated carbocycles. The van der Waals surface area contributed by atoms with Crippen LogP contribution in [0.4, 0.5) is 13.2 Å². The number of alkyl halides is 3. The second-order valence-electron chi connectivity index (χ2n) is 8.62. The zero-order valence-electron chi connectivity index (χ0n) is 18.6. The fraction of sp³-hybridized carbons (Fsp3) is 0.500. The van der Waals surface area contributed by atoms with Crippen molar-refractivity contribution in [1.82, 2.24) is 0 Å². The number of benzene rings is 2. The van der Waals surface area contributed by atoms with Gasteiger partial charge in [0.15, 0.2) is 0 Å². The summed E-state index contributed by atoms with van der Waals surface area (Å²) in [6.45, 7) is 3.63. The van der Waals surface area contributed by atoms with Crippen molar-refractivity contribution in [3.8, 4) is 5.75 Å². The Balaban J connectivity index is 1.47. The Hall–Kier alpha value is -1.58. The van der Waals surface area contributed by atoms with E-state index in [1.54, 1.807) is 19.1 Å². The molecule has 0 heterocycles. The van der Waals surface area contributed by atoms with Crippen molar-refractivity contribution in [2.45, 2.75) is 75.7 Å². The largest absolute Gasteiger partial charge is 0.490 e. The molecule has 0 radical (unpaired) electrons. The highest BCUT2D eigenvalue weighted by molar-refractivity contribution is 9.10. The molecule has 182 valence electrons. The van der Waals surface area contributed by atoms with Gasteiger partial charge in [-0.1, -0.05) is 39.7 Å². The number of hydrogen-bond acceptors (Lipinski definition) is 4. The van der Waals surface area contributed by atoms with Gasteiger partial charge in [-0.25, -0.2) is 0 Å². The summed E-state index contributed by atoms with van der Waals surface area (Å²) in [5.41, 5.74) is 0.184. The Bertz CT molecular complexity index is 1030. The van der Waals surface area contributed by atoms with Gasteiger partial charge in [0.1, 0.15) is 11.3 Å². The Morgan fingerprint density at radius 1 is 1.06 bits per heavy atom. The molecule has 0 aromatic heterocycles. The van der Waals surface area contributed by atoms with E-state index in [1.165, 1.54) is 30.3 Å². The number of hydrogen-bond donors (Lipinski definition) is 0. The van der Waals surface area contributed by atoms with E-state index in [4.69, 9.17) is 8.92 Å². The molecule has 4 nitrogen and oxygen atoms in total. The lowest BCUT2D eigenvalue weighted by Crippen LogP contribution is -2.26. The second-order valence-corrected chi connectivity index (χ2v) is 11.0. The summed E-state index contributed by atoms with van der Waals surface area (Å²) in [6.07, 6.45) is -0.894. The van der Waals surface area contributed by atoms with Crippen LogP contribution in [-0.2, 0) is 20.5 Å². The highest BCUT2D eigenvalue weighted by Gasteiger charge is 2.37. The minimum atomic E-state index is -4.50. The topological polar surface area (TPSA) is 52.6 Å². The minimum Gasteiger partial charge on any atom is -0.490 e. The lowest BCUT2D eigenvalue weighted by atomic mass is 9.84. The van der Waals surface area contributed by atoms with Gasteiger partial charge in [0.25, 0.3) is 10.1 Å². The molecule has 9 heteroatoms. The number of rotatable bonds is 8. The van der Waals surface area contributed by atoms with E-state index in [-0.39, 0.29) is 21.2 Å². The second kappa shape index (κ2) is 10.8. The maximum absolute atomic E-state index is 13.4. The molecular weight excluding hydrogens is 521 g/mol. The van der Waals surface area contributed by atoms with Gasteiger partial charge in [0, 0.05) is 4.47 Å². The highest BCUT2D eigenvalue weighted by Crippen LogP contribution is 2.42. The molecule has 0 saturated heterocycles. The molecule has 0 N–H and O–H groups in total. The van der Waals surface area contributed by atoms with E-state index in [0.29, 0.717) is 25.2 Å². The normalized spacial score (nSPS) is 20.4. The van der Waals surface area contributed by atoms with Crippen molar-refractivity contribution in [3.63, 3.8) is 0 Å². The molecule has 3 rings (SSSR count).